The Kier molecular flexibility index (Phi) is 10.5. The molecule has 2 fully saturated rings. The van der Waals surface area contributed by atoms with Crippen molar-refractivity contribution in [1.82, 2.24) is 0 Å². The Morgan fingerprint density at radius 1 is 0.844 bits per heavy atom. The van der Waals surface area contributed by atoms with Gasteiger partial charge in [-0.15, -0.1) is 0 Å². The van der Waals surface area contributed by atoms with Gasteiger partial charge in [0.15, 0.2) is 0 Å². The molecule has 0 atom stereocenters. The van der Waals surface area contributed by atoms with Gasteiger partial charge in [-0.2, -0.15) is 0 Å². The van der Waals surface area contributed by atoms with Crippen LogP contribution in [0.4, 0.5) is 4.39 Å². The maximum absolute atomic E-state index is 14.7. The number of rotatable bonds is 11. The maximum Gasteiger partial charge on any atom is 0.314 e. The van der Waals surface area contributed by atoms with Crippen LogP contribution in [0.15, 0.2) is 18.2 Å². The van der Waals surface area contributed by atoms with Crippen molar-refractivity contribution in [2.75, 3.05) is 0 Å². The Morgan fingerprint density at radius 2 is 1.47 bits per heavy atom. The molecule has 2 aliphatic carbocycles. The summed E-state index contributed by atoms with van der Waals surface area (Å²) >= 11 is 0. The summed E-state index contributed by atoms with van der Waals surface area (Å²) in [5, 5.41) is 0. The monoisotopic (exact) mass is 444 g/mol. The summed E-state index contributed by atoms with van der Waals surface area (Å²) in [7, 11) is 0. The first-order valence-electron chi connectivity index (χ1n) is 13.6. The van der Waals surface area contributed by atoms with Crippen molar-refractivity contribution >= 4 is 5.97 Å². The molecule has 0 aliphatic heterocycles. The summed E-state index contributed by atoms with van der Waals surface area (Å²) in [6.45, 7) is 4.51. The lowest BCUT2D eigenvalue weighted by atomic mass is 9.78. The molecule has 3 heteroatoms. The Labute approximate surface area is 195 Å². The summed E-state index contributed by atoms with van der Waals surface area (Å²) < 4.78 is 20.2. The van der Waals surface area contributed by atoms with E-state index in [-0.39, 0.29) is 17.7 Å². The molecule has 0 bridgehead atoms. The van der Waals surface area contributed by atoms with E-state index < -0.39 is 0 Å². The first kappa shape index (κ1) is 25.2. The molecular formula is C29H45FO2. The summed E-state index contributed by atoms with van der Waals surface area (Å²) in [5.74, 6) is 2.35. The molecular weight excluding hydrogens is 399 g/mol. The number of carbonyl (C=O) groups excluding carboxylic acids is 1. The summed E-state index contributed by atoms with van der Waals surface area (Å²) in [5.41, 5.74) is 0.757. The highest BCUT2D eigenvalue weighted by atomic mass is 19.1. The molecule has 2 nitrogen and oxygen atoms in total. The zero-order valence-corrected chi connectivity index (χ0v) is 20.5. The van der Waals surface area contributed by atoms with Gasteiger partial charge in [0.05, 0.1) is 5.92 Å². The number of benzene rings is 1. The van der Waals surface area contributed by atoms with E-state index in [2.05, 4.69) is 13.8 Å². The third kappa shape index (κ3) is 7.89. The average Bonchev–Trinajstić information content (AvgIpc) is 2.80. The molecule has 0 amide bonds. The minimum Gasteiger partial charge on any atom is -0.426 e. The third-order valence-corrected chi connectivity index (χ3v) is 8.12. The van der Waals surface area contributed by atoms with E-state index in [1.807, 2.05) is 6.07 Å². The van der Waals surface area contributed by atoms with Crippen molar-refractivity contribution in [3.8, 4) is 5.75 Å². The average molecular weight is 445 g/mol. The molecule has 0 N–H and O–H groups in total. The minimum atomic E-state index is -0.227. The second-order valence-electron chi connectivity index (χ2n) is 10.6. The normalized spacial score (nSPS) is 26.1. The van der Waals surface area contributed by atoms with E-state index in [4.69, 9.17) is 4.74 Å². The topological polar surface area (TPSA) is 26.3 Å². The van der Waals surface area contributed by atoms with Crippen LogP contribution in [0.3, 0.4) is 0 Å². The first-order valence-corrected chi connectivity index (χ1v) is 13.6. The van der Waals surface area contributed by atoms with Gasteiger partial charge in [0, 0.05) is 6.07 Å². The fourth-order valence-corrected chi connectivity index (χ4v) is 5.94. The van der Waals surface area contributed by atoms with Crippen LogP contribution < -0.4 is 4.74 Å². The van der Waals surface area contributed by atoms with E-state index in [0.29, 0.717) is 5.75 Å². The summed E-state index contributed by atoms with van der Waals surface area (Å²) in [6, 6.07) is 5.03. The zero-order chi connectivity index (χ0) is 22.8. The van der Waals surface area contributed by atoms with Crippen molar-refractivity contribution in [2.24, 2.45) is 23.7 Å². The van der Waals surface area contributed by atoms with Crippen LogP contribution in [0, 0.1) is 29.5 Å². The second kappa shape index (κ2) is 13.4. The fraction of sp³-hybridized carbons (Fsp3) is 0.759. The number of hydrogen-bond acceptors (Lipinski definition) is 2. The minimum absolute atomic E-state index is 0.0250. The highest BCUT2D eigenvalue weighted by molar-refractivity contribution is 5.75. The second-order valence-corrected chi connectivity index (χ2v) is 10.6. The zero-order valence-electron chi connectivity index (χ0n) is 20.5. The lowest BCUT2D eigenvalue weighted by Gasteiger charge is -2.28. The van der Waals surface area contributed by atoms with Gasteiger partial charge >= 0.3 is 5.97 Å². The number of ether oxygens (including phenoxy) is 1. The molecule has 32 heavy (non-hydrogen) atoms. The Morgan fingerprint density at radius 3 is 2.09 bits per heavy atom. The fourth-order valence-electron chi connectivity index (χ4n) is 5.94. The molecule has 0 heterocycles. The molecule has 2 aliphatic rings. The SMILES string of the molecule is CCCCCC1CCC(C(=O)Oc2ccc(CCC3CCC(CCC)CC3)c(F)c2)CC1. The number of hydrogen-bond donors (Lipinski definition) is 0. The molecule has 180 valence electrons. The van der Waals surface area contributed by atoms with Gasteiger partial charge in [0.2, 0.25) is 0 Å². The summed E-state index contributed by atoms with van der Waals surface area (Å²) in [6.07, 6.45) is 19.0. The van der Waals surface area contributed by atoms with Gasteiger partial charge in [0.25, 0.3) is 0 Å². The first-order chi connectivity index (χ1) is 15.6. The Balaban J connectivity index is 1.40. The molecule has 3 rings (SSSR count). The van der Waals surface area contributed by atoms with Crippen LogP contribution in [0.1, 0.15) is 116 Å². The Bertz CT molecular complexity index is 684. The molecule has 0 saturated heterocycles. The van der Waals surface area contributed by atoms with Crippen molar-refractivity contribution < 1.29 is 13.9 Å². The molecule has 0 radical (unpaired) electrons. The quantitative estimate of drug-likeness (QED) is 0.194. The molecule has 2 saturated carbocycles. The van der Waals surface area contributed by atoms with Gasteiger partial charge in [-0.3, -0.25) is 4.79 Å². The van der Waals surface area contributed by atoms with E-state index in [1.165, 1.54) is 70.3 Å². The third-order valence-electron chi connectivity index (χ3n) is 8.12. The van der Waals surface area contributed by atoms with E-state index in [1.54, 1.807) is 6.07 Å². The highest BCUT2D eigenvalue weighted by Crippen LogP contribution is 2.35. The predicted molar refractivity (Wildman–Crippen MR) is 130 cm³/mol. The smallest absolute Gasteiger partial charge is 0.314 e. The summed E-state index contributed by atoms with van der Waals surface area (Å²) in [4.78, 5) is 12.6. The Hall–Kier alpha value is -1.38. The standard InChI is InChI=1S/C29H45FO2/c1-3-5-6-8-23-14-17-26(18-15-23)29(31)32-27-20-19-25(28(30)21-27)16-13-24-11-9-22(7-4-2)10-12-24/h19-24,26H,3-18H2,1-2H3. The molecule has 0 spiro atoms. The van der Waals surface area contributed by atoms with Crippen LogP contribution in [0.2, 0.25) is 0 Å². The lowest BCUT2D eigenvalue weighted by Crippen LogP contribution is -2.25. The number of aryl methyl sites for hydroxylation is 1. The number of esters is 1. The van der Waals surface area contributed by atoms with Crippen LogP contribution in [-0.4, -0.2) is 5.97 Å². The van der Waals surface area contributed by atoms with Crippen LogP contribution in [-0.2, 0) is 11.2 Å². The van der Waals surface area contributed by atoms with Gasteiger partial charge < -0.3 is 4.74 Å². The molecule has 1 aromatic rings. The number of halogens is 1. The van der Waals surface area contributed by atoms with Gasteiger partial charge in [-0.05, 0) is 67.9 Å². The van der Waals surface area contributed by atoms with Crippen molar-refractivity contribution in [2.45, 2.75) is 117 Å². The predicted octanol–water partition coefficient (Wildman–Crippen LogP) is 8.66. The van der Waals surface area contributed by atoms with Crippen LogP contribution in [0.5, 0.6) is 5.75 Å². The highest BCUT2D eigenvalue weighted by Gasteiger charge is 2.28. The largest absolute Gasteiger partial charge is 0.426 e. The van der Waals surface area contributed by atoms with Crippen LogP contribution >= 0.6 is 0 Å². The van der Waals surface area contributed by atoms with Gasteiger partial charge in [-0.1, -0.05) is 84.1 Å². The van der Waals surface area contributed by atoms with E-state index >= 15 is 0 Å². The molecule has 0 aromatic heterocycles. The van der Waals surface area contributed by atoms with Gasteiger partial charge in [-0.25, -0.2) is 4.39 Å². The van der Waals surface area contributed by atoms with Crippen molar-refractivity contribution in [1.29, 1.82) is 0 Å². The van der Waals surface area contributed by atoms with E-state index in [0.717, 1.165) is 61.8 Å². The van der Waals surface area contributed by atoms with Crippen molar-refractivity contribution in [3.05, 3.63) is 29.6 Å². The van der Waals surface area contributed by atoms with Gasteiger partial charge in [0.1, 0.15) is 11.6 Å². The number of unbranched alkanes of at least 4 members (excludes halogenated alkanes) is 2. The number of carbonyl (C=O) groups is 1. The molecule has 0 unspecified atom stereocenters. The maximum atomic E-state index is 14.7. The van der Waals surface area contributed by atoms with E-state index in [9.17, 15) is 9.18 Å². The molecule has 1 aromatic carbocycles. The lowest BCUT2D eigenvalue weighted by molar-refractivity contribution is -0.140. The van der Waals surface area contributed by atoms with Crippen molar-refractivity contribution in [3.63, 3.8) is 0 Å². The van der Waals surface area contributed by atoms with Crippen LogP contribution in [0.25, 0.3) is 0 Å².